The van der Waals surface area contributed by atoms with Crippen LogP contribution in [0.4, 0.5) is 0 Å². The number of nitrogens with zero attached hydrogens (tertiary/aromatic N) is 2. The predicted molar refractivity (Wildman–Crippen MR) is 146 cm³/mol. The Labute approximate surface area is 217 Å². The van der Waals surface area contributed by atoms with Crippen molar-refractivity contribution in [1.82, 2.24) is 15.5 Å². The van der Waals surface area contributed by atoms with Crippen LogP contribution in [0, 0.1) is 5.92 Å². The van der Waals surface area contributed by atoms with Crippen molar-refractivity contribution in [2.75, 3.05) is 39.3 Å². The van der Waals surface area contributed by atoms with E-state index >= 15 is 0 Å². The molecule has 0 spiro atoms. The first-order valence-electron chi connectivity index (χ1n) is 12.6. The maximum Gasteiger partial charge on any atom is 0.223 e. The van der Waals surface area contributed by atoms with E-state index < -0.39 is 0 Å². The minimum atomic E-state index is -0.103. The molecule has 3 rings (SSSR count). The molecule has 6 nitrogen and oxygen atoms in total. The molecule has 1 saturated heterocycles. The van der Waals surface area contributed by atoms with Gasteiger partial charge in [0.25, 0.3) is 0 Å². The topological polar surface area (TPSA) is 66.0 Å². The zero-order chi connectivity index (χ0) is 22.7. The number of hydrogen-bond acceptors (Lipinski definition) is 3. The molecule has 0 bridgehead atoms. The lowest BCUT2D eigenvalue weighted by Crippen LogP contribution is -2.43. The third kappa shape index (κ3) is 9.08. The maximum absolute atomic E-state index is 12.5. The first-order valence-corrected chi connectivity index (χ1v) is 12.6. The molecule has 33 heavy (non-hydrogen) atoms. The number of aliphatic imine (C=N–C) groups is 1. The van der Waals surface area contributed by atoms with E-state index in [1.165, 1.54) is 24.8 Å². The number of guanidine groups is 1. The van der Waals surface area contributed by atoms with E-state index in [0.717, 1.165) is 64.4 Å². The predicted octanol–water partition coefficient (Wildman–Crippen LogP) is 4.38. The molecule has 1 amide bonds. The lowest BCUT2D eigenvalue weighted by atomic mass is 9.84. The molecule has 1 aromatic carbocycles. The number of likely N-dealkylation sites (tertiary alicyclic amines) is 1. The fourth-order valence-corrected chi connectivity index (χ4v) is 4.78. The first-order chi connectivity index (χ1) is 15.6. The van der Waals surface area contributed by atoms with Crippen LogP contribution in [0.25, 0.3) is 0 Å². The van der Waals surface area contributed by atoms with Crippen LogP contribution in [0.1, 0.15) is 64.4 Å². The number of hydrogen-bond donors (Lipinski definition) is 2. The molecule has 0 radical (unpaired) electrons. The summed E-state index contributed by atoms with van der Waals surface area (Å²) >= 11 is 0. The van der Waals surface area contributed by atoms with Crippen LogP contribution < -0.4 is 10.6 Å². The quantitative estimate of drug-likeness (QED) is 0.236. The molecule has 2 fully saturated rings. The molecular formula is C26H43IN4O2. The average Bonchev–Trinajstić information content (AvgIpc) is 3.19. The minimum Gasteiger partial charge on any atom is -0.373 e. The Morgan fingerprint density at radius 1 is 1.15 bits per heavy atom. The third-order valence-corrected chi connectivity index (χ3v) is 6.61. The number of carbonyl (C=O) groups is 1. The standard InChI is InChI=1S/C26H42N4O2.HI/c1-3-17-32-26(14-9-6-10-15-26)21-29-25(27-4-2)28-19-23-18-24(31)30(20-23)16-13-22-11-7-5-8-12-22;/h5,7-8,11-12,23H,3-4,6,9-10,13-21H2,1-2H3,(H2,27,28,29);1H. The Balaban J connectivity index is 0.00000385. The van der Waals surface area contributed by atoms with E-state index in [-0.39, 0.29) is 35.5 Å². The number of amides is 1. The van der Waals surface area contributed by atoms with Crippen molar-refractivity contribution in [3.05, 3.63) is 35.9 Å². The number of benzene rings is 1. The lowest BCUT2D eigenvalue weighted by Gasteiger charge is -2.36. The van der Waals surface area contributed by atoms with Gasteiger partial charge in [-0.15, -0.1) is 24.0 Å². The minimum absolute atomic E-state index is 0. The molecule has 1 aliphatic carbocycles. The van der Waals surface area contributed by atoms with Gasteiger partial charge in [0, 0.05) is 45.1 Å². The molecular weight excluding hydrogens is 527 g/mol. The van der Waals surface area contributed by atoms with Crippen LogP contribution in [-0.4, -0.2) is 61.7 Å². The molecule has 1 heterocycles. The molecule has 2 aliphatic rings. The van der Waals surface area contributed by atoms with Gasteiger partial charge in [-0.05, 0) is 38.2 Å². The fourth-order valence-electron chi connectivity index (χ4n) is 4.78. The number of carbonyl (C=O) groups excluding carboxylic acids is 1. The summed E-state index contributed by atoms with van der Waals surface area (Å²) in [6, 6.07) is 10.4. The highest BCUT2D eigenvalue weighted by atomic mass is 127. The summed E-state index contributed by atoms with van der Waals surface area (Å²) in [7, 11) is 0. The average molecular weight is 571 g/mol. The highest BCUT2D eigenvalue weighted by Gasteiger charge is 2.33. The molecule has 0 aromatic heterocycles. The van der Waals surface area contributed by atoms with E-state index in [4.69, 9.17) is 9.73 Å². The van der Waals surface area contributed by atoms with Crippen LogP contribution in [0.3, 0.4) is 0 Å². The van der Waals surface area contributed by atoms with Gasteiger partial charge in [-0.25, -0.2) is 0 Å². The SMILES string of the molecule is CCCOC1(CN=C(NCC)NCC2CC(=O)N(CCc3ccccc3)C2)CCCCC1.I. The smallest absolute Gasteiger partial charge is 0.223 e. The Morgan fingerprint density at radius 3 is 2.61 bits per heavy atom. The Hall–Kier alpha value is -1.35. The van der Waals surface area contributed by atoms with Gasteiger partial charge in [0.2, 0.25) is 5.91 Å². The molecule has 186 valence electrons. The van der Waals surface area contributed by atoms with Gasteiger partial charge in [-0.1, -0.05) is 56.5 Å². The van der Waals surface area contributed by atoms with Gasteiger partial charge in [0.15, 0.2) is 5.96 Å². The monoisotopic (exact) mass is 570 g/mol. The van der Waals surface area contributed by atoms with Crippen molar-refractivity contribution >= 4 is 35.8 Å². The van der Waals surface area contributed by atoms with Crippen LogP contribution in [-0.2, 0) is 16.0 Å². The molecule has 1 atom stereocenters. The zero-order valence-corrected chi connectivity index (χ0v) is 22.8. The Bertz CT molecular complexity index is 722. The van der Waals surface area contributed by atoms with E-state index in [1.807, 2.05) is 11.0 Å². The second-order valence-electron chi connectivity index (χ2n) is 9.31. The van der Waals surface area contributed by atoms with E-state index in [9.17, 15) is 4.79 Å². The van der Waals surface area contributed by atoms with Crippen molar-refractivity contribution in [2.24, 2.45) is 10.9 Å². The van der Waals surface area contributed by atoms with Crippen molar-refractivity contribution in [3.8, 4) is 0 Å². The second kappa shape index (κ2) is 14.8. The van der Waals surface area contributed by atoms with Crippen LogP contribution in [0.2, 0.25) is 0 Å². The number of rotatable bonds is 11. The van der Waals surface area contributed by atoms with Crippen LogP contribution in [0.15, 0.2) is 35.3 Å². The fraction of sp³-hybridized carbons (Fsp3) is 0.692. The lowest BCUT2D eigenvalue weighted by molar-refractivity contribution is -0.127. The summed E-state index contributed by atoms with van der Waals surface area (Å²) in [6.07, 6.45) is 8.53. The maximum atomic E-state index is 12.5. The summed E-state index contributed by atoms with van der Waals surface area (Å²) in [6.45, 7) is 8.97. The van der Waals surface area contributed by atoms with Gasteiger partial charge in [-0.2, -0.15) is 0 Å². The van der Waals surface area contributed by atoms with Crippen LogP contribution >= 0.6 is 24.0 Å². The van der Waals surface area contributed by atoms with Gasteiger partial charge in [0.1, 0.15) is 0 Å². The second-order valence-corrected chi connectivity index (χ2v) is 9.31. The van der Waals surface area contributed by atoms with Crippen molar-refractivity contribution < 1.29 is 9.53 Å². The van der Waals surface area contributed by atoms with Gasteiger partial charge in [-0.3, -0.25) is 9.79 Å². The van der Waals surface area contributed by atoms with Crippen molar-refractivity contribution in [2.45, 2.75) is 70.8 Å². The molecule has 1 aliphatic heterocycles. The summed E-state index contributed by atoms with van der Waals surface area (Å²) in [5.74, 6) is 1.43. The summed E-state index contributed by atoms with van der Waals surface area (Å²) in [5.41, 5.74) is 1.18. The van der Waals surface area contributed by atoms with E-state index in [2.05, 4.69) is 48.7 Å². The van der Waals surface area contributed by atoms with E-state index in [1.54, 1.807) is 0 Å². The first kappa shape index (κ1) is 27.9. The molecule has 1 aromatic rings. The summed E-state index contributed by atoms with van der Waals surface area (Å²) in [4.78, 5) is 19.4. The number of halogens is 1. The third-order valence-electron chi connectivity index (χ3n) is 6.61. The zero-order valence-electron chi connectivity index (χ0n) is 20.5. The Kier molecular flexibility index (Phi) is 12.5. The van der Waals surface area contributed by atoms with Crippen molar-refractivity contribution in [1.29, 1.82) is 0 Å². The largest absolute Gasteiger partial charge is 0.373 e. The highest BCUT2D eigenvalue weighted by Crippen LogP contribution is 2.32. The molecule has 7 heteroatoms. The Morgan fingerprint density at radius 2 is 1.91 bits per heavy atom. The van der Waals surface area contributed by atoms with Crippen molar-refractivity contribution in [3.63, 3.8) is 0 Å². The number of ether oxygens (including phenoxy) is 1. The normalized spacial score (nSPS) is 20.4. The van der Waals surface area contributed by atoms with Gasteiger partial charge >= 0.3 is 0 Å². The number of nitrogens with one attached hydrogen (secondary N) is 2. The molecule has 1 unspecified atom stereocenters. The summed E-state index contributed by atoms with van der Waals surface area (Å²) < 4.78 is 6.30. The van der Waals surface area contributed by atoms with E-state index in [0.29, 0.717) is 18.9 Å². The molecule has 1 saturated carbocycles. The van der Waals surface area contributed by atoms with Gasteiger partial charge in [0.05, 0.1) is 12.1 Å². The summed E-state index contributed by atoms with van der Waals surface area (Å²) in [5, 5.41) is 6.87. The van der Waals surface area contributed by atoms with Gasteiger partial charge < -0.3 is 20.3 Å². The molecule has 2 N–H and O–H groups in total. The van der Waals surface area contributed by atoms with Crippen LogP contribution in [0.5, 0.6) is 0 Å². The highest BCUT2D eigenvalue weighted by molar-refractivity contribution is 14.0.